The van der Waals surface area contributed by atoms with E-state index in [9.17, 15) is 4.79 Å². The Bertz CT molecular complexity index is 579. The maximum absolute atomic E-state index is 11.7. The molecule has 2 rings (SSSR count). The zero-order valence-electron chi connectivity index (χ0n) is 9.19. The molecular weight excluding hydrogens is 289 g/mol. The van der Waals surface area contributed by atoms with E-state index in [-0.39, 0.29) is 5.91 Å². The molecule has 0 unspecified atom stereocenters. The Kier molecular flexibility index (Phi) is 4.42. The van der Waals surface area contributed by atoms with E-state index in [1.165, 1.54) is 6.08 Å². The van der Waals surface area contributed by atoms with Gasteiger partial charge in [0.15, 0.2) is 0 Å². The lowest BCUT2D eigenvalue weighted by Gasteiger charge is -2.05. The molecule has 0 saturated heterocycles. The third-order valence-electron chi connectivity index (χ3n) is 2.15. The number of amides is 1. The minimum atomic E-state index is -0.243. The average Bonchev–Trinajstić information content (AvgIpc) is 2.86. The van der Waals surface area contributed by atoms with Gasteiger partial charge in [0.2, 0.25) is 5.91 Å². The van der Waals surface area contributed by atoms with E-state index in [1.807, 2.05) is 17.5 Å². The average molecular weight is 298 g/mol. The lowest BCUT2D eigenvalue weighted by Crippen LogP contribution is -2.08. The van der Waals surface area contributed by atoms with Gasteiger partial charge in [0.25, 0.3) is 0 Å². The molecule has 0 spiro atoms. The highest BCUT2D eigenvalue weighted by Crippen LogP contribution is 2.29. The summed E-state index contributed by atoms with van der Waals surface area (Å²) in [6.07, 6.45) is 3.21. The fourth-order valence-corrected chi connectivity index (χ4v) is 2.28. The summed E-state index contributed by atoms with van der Waals surface area (Å²) in [5.41, 5.74) is 0.505. The van der Waals surface area contributed by atoms with Crippen molar-refractivity contribution in [1.29, 1.82) is 0 Å². The van der Waals surface area contributed by atoms with E-state index < -0.39 is 0 Å². The van der Waals surface area contributed by atoms with Crippen molar-refractivity contribution in [3.8, 4) is 0 Å². The molecule has 1 N–H and O–H groups in total. The van der Waals surface area contributed by atoms with E-state index in [4.69, 9.17) is 23.2 Å². The Morgan fingerprint density at radius 2 is 2.06 bits per heavy atom. The van der Waals surface area contributed by atoms with Gasteiger partial charge in [0.05, 0.1) is 15.7 Å². The van der Waals surface area contributed by atoms with Gasteiger partial charge < -0.3 is 5.32 Å². The topological polar surface area (TPSA) is 29.1 Å². The largest absolute Gasteiger partial charge is 0.321 e. The summed E-state index contributed by atoms with van der Waals surface area (Å²) < 4.78 is 0. The highest BCUT2D eigenvalue weighted by molar-refractivity contribution is 7.10. The first-order chi connectivity index (χ1) is 8.66. The predicted molar refractivity (Wildman–Crippen MR) is 78.4 cm³/mol. The van der Waals surface area contributed by atoms with Crippen LogP contribution in [0.4, 0.5) is 5.69 Å². The number of carbonyl (C=O) groups excluding carboxylic acids is 1. The van der Waals surface area contributed by atoms with Gasteiger partial charge in [-0.25, -0.2) is 0 Å². The predicted octanol–water partition coefficient (Wildman–Crippen LogP) is 4.71. The van der Waals surface area contributed by atoms with Gasteiger partial charge in [0.1, 0.15) is 0 Å². The standard InChI is InChI=1S/C13H9Cl2NOS/c14-10-4-1-5-11(13(10)15)16-12(17)7-6-9-3-2-8-18-9/h1-8H,(H,16,17)/b7-6-. The van der Waals surface area contributed by atoms with Crippen LogP contribution in [0, 0.1) is 0 Å². The summed E-state index contributed by atoms with van der Waals surface area (Å²) in [6, 6.07) is 8.95. The van der Waals surface area contributed by atoms with Crippen LogP contribution in [-0.2, 0) is 4.79 Å². The Labute approximate surface area is 119 Å². The Hall–Kier alpha value is -1.29. The van der Waals surface area contributed by atoms with Gasteiger partial charge in [-0.3, -0.25) is 4.79 Å². The number of anilines is 1. The van der Waals surface area contributed by atoms with E-state index in [1.54, 1.807) is 35.6 Å². The van der Waals surface area contributed by atoms with E-state index >= 15 is 0 Å². The smallest absolute Gasteiger partial charge is 0.248 e. The fraction of sp³-hybridized carbons (Fsp3) is 0. The summed E-state index contributed by atoms with van der Waals surface area (Å²) in [5.74, 6) is -0.243. The van der Waals surface area contributed by atoms with Crippen LogP contribution in [0.25, 0.3) is 6.08 Å². The molecular formula is C13H9Cl2NOS. The number of carbonyl (C=O) groups is 1. The van der Waals surface area contributed by atoms with Crippen molar-refractivity contribution in [2.45, 2.75) is 0 Å². The highest BCUT2D eigenvalue weighted by atomic mass is 35.5. The van der Waals surface area contributed by atoms with E-state index in [0.29, 0.717) is 15.7 Å². The maximum atomic E-state index is 11.7. The van der Waals surface area contributed by atoms with Crippen molar-refractivity contribution in [2.75, 3.05) is 5.32 Å². The number of nitrogens with one attached hydrogen (secondary N) is 1. The summed E-state index contributed by atoms with van der Waals surface area (Å²) in [4.78, 5) is 12.7. The first kappa shape index (κ1) is 13.1. The molecule has 1 amide bonds. The first-order valence-corrected chi connectivity index (χ1v) is 6.77. The van der Waals surface area contributed by atoms with Crippen molar-refractivity contribution < 1.29 is 4.79 Å². The molecule has 5 heteroatoms. The van der Waals surface area contributed by atoms with Gasteiger partial charge in [-0.05, 0) is 29.7 Å². The first-order valence-electron chi connectivity index (χ1n) is 5.13. The van der Waals surface area contributed by atoms with Crippen LogP contribution in [0.1, 0.15) is 4.88 Å². The van der Waals surface area contributed by atoms with Gasteiger partial charge in [-0.1, -0.05) is 35.3 Å². The summed E-state index contributed by atoms with van der Waals surface area (Å²) in [7, 11) is 0. The minimum Gasteiger partial charge on any atom is -0.321 e. The van der Waals surface area contributed by atoms with Crippen LogP contribution in [0.3, 0.4) is 0 Å². The maximum Gasteiger partial charge on any atom is 0.248 e. The number of rotatable bonds is 3. The van der Waals surface area contributed by atoms with Gasteiger partial charge in [-0.2, -0.15) is 0 Å². The molecule has 92 valence electrons. The summed E-state index contributed by atoms with van der Waals surface area (Å²) in [6.45, 7) is 0. The SMILES string of the molecule is O=C(/C=C\c1cccs1)Nc1cccc(Cl)c1Cl. The molecule has 1 heterocycles. The molecule has 0 aliphatic heterocycles. The molecule has 0 aliphatic carbocycles. The summed E-state index contributed by atoms with van der Waals surface area (Å²) in [5, 5.41) is 5.38. The highest BCUT2D eigenvalue weighted by Gasteiger charge is 2.05. The molecule has 1 aromatic carbocycles. The molecule has 0 atom stereocenters. The van der Waals surface area contributed by atoms with Crippen molar-refractivity contribution in [3.63, 3.8) is 0 Å². The van der Waals surface area contributed by atoms with Crippen molar-refractivity contribution in [3.05, 3.63) is 56.7 Å². The Morgan fingerprint density at radius 1 is 1.22 bits per heavy atom. The number of benzene rings is 1. The van der Waals surface area contributed by atoms with Crippen molar-refractivity contribution in [2.24, 2.45) is 0 Å². The lowest BCUT2D eigenvalue weighted by atomic mass is 10.3. The van der Waals surface area contributed by atoms with Crippen molar-refractivity contribution in [1.82, 2.24) is 0 Å². The second kappa shape index (κ2) is 6.05. The van der Waals surface area contributed by atoms with Gasteiger partial charge >= 0.3 is 0 Å². The van der Waals surface area contributed by atoms with Crippen LogP contribution in [0.2, 0.25) is 10.0 Å². The third-order valence-corrected chi connectivity index (χ3v) is 3.81. The Balaban J connectivity index is 2.05. The molecule has 0 saturated carbocycles. The normalized spacial score (nSPS) is 10.8. The molecule has 0 radical (unpaired) electrons. The molecule has 2 nitrogen and oxygen atoms in total. The second-order valence-corrected chi connectivity index (χ2v) is 5.20. The fourth-order valence-electron chi connectivity index (χ4n) is 1.32. The summed E-state index contributed by atoms with van der Waals surface area (Å²) >= 11 is 13.4. The number of halogens is 2. The molecule has 0 bridgehead atoms. The second-order valence-electron chi connectivity index (χ2n) is 3.44. The number of hydrogen-bond donors (Lipinski definition) is 1. The van der Waals surface area contributed by atoms with Gasteiger partial charge in [0, 0.05) is 11.0 Å². The van der Waals surface area contributed by atoms with E-state index in [2.05, 4.69) is 5.32 Å². The zero-order chi connectivity index (χ0) is 13.0. The van der Waals surface area contributed by atoms with Crippen LogP contribution in [0.15, 0.2) is 41.8 Å². The molecule has 1 aromatic heterocycles. The Morgan fingerprint density at radius 3 is 2.78 bits per heavy atom. The van der Waals surface area contributed by atoms with Crippen LogP contribution in [0.5, 0.6) is 0 Å². The van der Waals surface area contributed by atoms with E-state index in [0.717, 1.165) is 4.88 Å². The number of thiophene rings is 1. The van der Waals surface area contributed by atoms with Crippen LogP contribution in [-0.4, -0.2) is 5.91 Å². The molecule has 2 aromatic rings. The lowest BCUT2D eigenvalue weighted by molar-refractivity contribution is -0.111. The minimum absolute atomic E-state index is 0.243. The van der Waals surface area contributed by atoms with Crippen molar-refractivity contribution >= 4 is 52.2 Å². The molecule has 18 heavy (non-hydrogen) atoms. The number of hydrogen-bond acceptors (Lipinski definition) is 2. The quantitative estimate of drug-likeness (QED) is 0.817. The monoisotopic (exact) mass is 297 g/mol. The van der Waals surface area contributed by atoms with Gasteiger partial charge in [-0.15, -0.1) is 11.3 Å². The zero-order valence-corrected chi connectivity index (χ0v) is 11.5. The molecule has 0 fully saturated rings. The molecule has 0 aliphatic rings. The van der Waals surface area contributed by atoms with Crippen LogP contribution >= 0.6 is 34.5 Å². The van der Waals surface area contributed by atoms with Crippen LogP contribution < -0.4 is 5.32 Å². The third kappa shape index (κ3) is 3.35.